The first-order valence-electron chi connectivity index (χ1n) is 9.42. The van der Waals surface area contributed by atoms with Gasteiger partial charge in [0.25, 0.3) is 5.91 Å². The van der Waals surface area contributed by atoms with E-state index in [0.717, 1.165) is 22.5 Å². The molecule has 3 rings (SSSR count). The molecule has 0 saturated heterocycles. The van der Waals surface area contributed by atoms with Gasteiger partial charge in [0.05, 0.1) is 31.5 Å². The molecule has 0 aliphatic heterocycles. The number of thioether (sulfide) groups is 1. The fraction of sp³-hybridized carbons (Fsp3) is 0.364. The zero-order valence-electron chi connectivity index (χ0n) is 18.1. The Balaban J connectivity index is 2.17. The number of amides is 1. The molecular formula is C22H26N2O4S2. The molecule has 30 heavy (non-hydrogen) atoms. The van der Waals surface area contributed by atoms with Crippen LogP contribution in [0.1, 0.15) is 21.5 Å². The first-order chi connectivity index (χ1) is 14.4. The average Bonchev–Trinajstić information content (AvgIpc) is 3.08. The molecule has 1 amide bonds. The lowest BCUT2D eigenvalue weighted by atomic mass is 10.1. The average molecular weight is 447 g/mol. The van der Waals surface area contributed by atoms with Crippen molar-refractivity contribution in [1.82, 2.24) is 4.57 Å². The van der Waals surface area contributed by atoms with Crippen LogP contribution in [-0.4, -0.2) is 43.8 Å². The van der Waals surface area contributed by atoms with Crippen molar-refractivity contribution in [2.75, 3.05) is 33.3 Å². The highest BCUT2D eigenvalue weighted by molar-refractivity contribution is 7.98. The number of methoxy groups -OCH3 is 3. The number of hydrogen-bond acceptors (Lipinski definition) is 6. The molecule has 0 bridgehead atoms. The molecule has 0 saturated carbocycles. The van der Waals surface area contributed by atoms with Gasteiger partial charge in [-0.2, -0.15) is 16.8 Å². The summed E-state index contributed by atoms with van der Waals surface area (Å²) in [4.78, 5) is 18.2. The Morgan fingerprint density at radius 1 is 1.07 bits per heavy atom. The number of aryl methyl sites for hydroxylation is 3. The summed E-state index contributed by atoms with van der Waals surface area (Å²) in [5.41, 5.74) is 3.88. The third kappa shape index (κ3) is 4.34. The molecule has 1 heterocycles. The Kier molecular flexibility index (Phi) is 7.10. The lowest BCUT2D eigenvalue weighted by Crippen LogP contribution is -2.18. The summed E-state index contributed by atoms with van der Waals surface area (Å²) in [6.07, 6.45) is 2.07. The molecule has 0 radical (unpaired) electrons. The summed E-state index contributed by atoms with van der Waals surface area (Å²) in [6.45, 7) is 4.96. The van der Waals surface area contributed by atoms with Gasteiger partial charge in [-0.1, -0.05) is 17.4 Å². The Bertz CT molecular complexity index is 1120. The first-order valence-corrected chi connectivity index (χ1v) is 11.6. The van der Waals surface area contributed by atoms with Crippen molar-refractivity contribution >= 4 is 39.2 Å². The number of rotatable bonds is 7. The van der Waals surface area contributed by atoms with Gasteiger partial charge in [-0.3, -0.25) is 4.79 Å². The van der Waals surface area contributed by atoms with Crippen molar-refractivity contribution < 1.29 is 19.0 Å². The van der Waals surface area contributed by atoms with E-state index >= 15 is 0 Å². The van der Waals surface area contributed by atoms with Gasteiger partial charge in [0.15, 0.2) is 16.3 Å². The van der Waals surface area contributed by atoms with Gasteiger partial charge in [-0.25, -0.2) is 0 Å². The van der Waals surface area contributed by atoms with E-state index in [1.165, 1.54) is 43.8 Å². The summed E-state index contributed by atoms with van der Waals surface area (Å²) in [6, 6.07) is 7.56. The normalized spacial score (nSPS) is 11.7. The van der Waals surface area contributed by atoms with Crippen LogP contribution in [0.25, 0.3) is 10.2 Å². The van der Waals surface area contributed by atoms with Crippen LogP contribution in [-0.2, 0) is 6.54 Å². The summed E-state index contributed by atoms with van der Waals surface area (Å²) < 4.78 is 19.4. The predicted molar refractivity (Wildman–Crippen MR) is 124 cm³/mol. The van der Waals surface area contributed by atoms with Gasteiger partial charge in [-0.05, 0) is 49.4 Å². The maximum atomic E-state index is 13.1. The maximum Gasteiger partial charge on any atom is 0.279 e. The molecule has 0 aliphatic carbocycles. The van der Waals surface area contributed by atoms with Crippen LogP contribution < -0.4 is 19.0 Å². The number of fused-ring (bicyclic) bond motifs is 1. The molecule has 0 unspecified atom stereocenters. The largest absolute Gasteiger partial charge is 0.493 e. The minimum Gasteiger partial charge on any atom is -0.493 e. The number of carbonyl (C=O) groups excluding carboxylic acids is 1. The lowest BCUT2D eigenvalue weighted by molar-refractivity contribution is 0.0997. The van der Waals surface area contributed by atoms with Crippen LogP contribution in [0.5, 0.6) is 17.2 Å². The SMILES string of the molecule is COc1cc(C(=O)N=c2sc3c(C)cc(C)cc3n2CCSC)cc(OC)c1OC. The van der Waals surface area contributed by atoms with Crippen molar-refractivity contribution in [2.24, 2.45) is 4.99 Å². The molecule has 2 aromatic carbocycles. The van der Waals surface area contributed by atoms with Crippen LogP contribution in [0.3, 0.4) is 0 Å². The smallest absolute Gasteiger partial charge is 0.279 e. The maximum absolute atomic E-state index is 13.1. The third-order valence-electron chi connectivity index (χ3n) is 4.74. The van der Waals surface area contributed by atoms with E-state index in [0.29, 0.717) is 27.6 Å². The fourth-order valence-electron chi connectivity index (χ4n) is 3.35. The van der Waals surface area contributed by atoms with Crippen molar-refractivity contribution in [2.45, 2.75) is 20.4 Å². The molecule has 0 atom stereocenters. The van der Waals surface area contributed by atoms with Gasteiger partial charge in [0.1, 0.15) is 0 Å². The standard InChI is InChI=1S/C22H26N2O4S2/c1-13-9-14(2)20-16(10-13)24(7-8-29-6)22(30-20)23-21(25)15-11-17(26-3)19(28-5)18(12-15)27-4/h9-12H,7-8H2,1-6H3. The predicted octanol–water partition coefficient (Wildman–Crippen LogP) is 4.45. The monoisotopic (exact) mass is 446 g/mol. The fourth-order valence-corrected chi connectivity index (χ4v) is 4.82. The van der Waals surface area contributed by atoms with E-state index in [9.17, 15) is 4.79 Å². The van der Waals surface area contributed by atoms with Crippen molar-refractivity contribution in [3.8, 4) is 17.2 Å². The van der Waals surface area contributed by atoms with Gasteiger partial charge in [0.2, 0.25) is 5.75 Å². The molecule has 0 N–H and O–H groups in total. The van der Waals surface area contributed by atoms with Crippen molar-refractivity contribution in [3.63, 3.8) is 0 Å². The molecule has 8 heteroatoms. The van der Waals surface area contributed by atoms with Crippen LogP contribution in [0.2, 0.25) is 0 Å². The molecule has 0 spiro atoms. The minimum atomic E-state index is -0.354. The second-order valence-corrected chi connectivity index (χ2v) is 8.75. The second kappa shape index (κ2) is 9.57. The number of aromatic nitrogens is 1. The van der Waals surface area contributed by atoms with Gasteiger partial charge < -0.3 is 18.8 Å². The Morgan fingerprint density at radius 3 is 2.30 bits per heavy atom. The number of ether oxygens (including phenoxy) is 3. The number of nitrogens with zero attached hydrogens (tertiary/aromatic N) is 2. The topological polar surface area (TPSA) is 62.0 Å². The van der Waals surface area contributed by atoms with Crippen LogP contribution in [0.15, 0.2) is 29.3 Å². The third-order valence-corrected chi connectivity index (χ3v) is 6.56. The highest BCUT2D eigenvalue weighted by Crippen LogP contribution is 2.38. The van der Waals surface area contributed by atoms with E-state index in [-0.39, 0.29) is 5.91 Å². The number of benzene rings is 2. The molecule has 1 aromatic heterocycles. The highest BCUT2D eigenvalue weighted by Gasteiger charge is 2.17. The van der Waals surface area contributed by atoms with Gasteiger partial charge in [0, 0.05) is 17.9 Å². The van der Waals surface area contributed by atoms with E-state index in [4.69, 9.17) is 14.2 Å². The molecule has 160 valence electrons. The molecule has 3 aromatic rings. The summed E-state index contributed by atoms with van der Waals surface area (Å²) in [7, 11) is 4.58. The van der Waals surface area contributed by atoms with E-state index < -0.39 is 0 Å². The Morgan fingerprint density at radius 2 is 1.73 bits per heavy atom. The summed E-state index contributed by atoms with van der Waals surface area (Å²) in [5, 5.41) is 0. The molecule has 0 fully saturated rings. The van der Waals surface area contributed by atoms with Crippen LogP contribution >= 0.6 is 23.1 Å². The Hall–Kier alpha value is -2.45. The van der Waals surface area contributed by atoms with E-state index in [1.807, 2.05) is 0 Å². The van der Waals surface area contributed by atoms with Crippen molar-refractivity contribution in [1.29, 1.82) is 0 Å². The number of hydrogen-bond donors (Lipinski definition) is 0. The zero-order chi connectivity index (χ0) is 21.8. The van der Waals surface area contributed by atoms with Crippen LogP contribution in [0.4, 0.5) is 0 Å². The summed E-state index contributed by atoms with van der Waals surface area (Å²) >= 11 is 3.30. The lowest BCUT2D eigenvalue weighted by Gasteiger charge is -2.12. The van der Waals surface area contributed by atoms with Gasteiger partial charge in [-0.15, -0.1) is 0 Å². The first kappa shape index (κ1) is 22.2. The van der Waals surface area contributed by atoms with Gasteiger partial charge >= 0.3 is 0 Å². The molecule has 6 nitrogen and oxygen atoms in total. The zero-order valence-corrected chi connectivity index (χ0v) is 19.7. The quantitative estimate of drug-likeness (QED) is 0.537. The molecular weight excluding hydrogens is 420 g/mol. The van der Waals surface area contributed by atoms with E-state index in [2.05, 4.69) is 41.8 Å². The van der Waals surface area contributed by atoms with Crippen LogP contribution in [0, 0.1) is 13.8 Å². The van der Waals surface area contributed by atoms with Crippen molar-refractivity contribution in [3.05, 3.63) is 45.8 Å². The minimum absolute atomic E-state index is 0.354. The van der Waals surface area contributed by atoms with E-state index in [1.54, 1.807) is 23.9 Å². The second-order valence-electron chi connectivity index (χ2n) is 6.79. The number of carbonyl (C=O) groups is 1. The highest BCUT2D eigenvalue weighted by atomic mass is 32.2. The number of thiazole rings is 1. The Labute approximate surface area is 184 Å². The molecule has 0 aliphatic rings. The summed E-state index contributed by atoms with van der Waals surface area (Å²) in [5.74, 6) is 1.87.